The van der Waals surface area contributed by atoms with Crippen LogP contribution in [0.1, 0.15) is 11.6 Å². The highest BCUT2D eigenvalue weighted by molar-refractivity contribution is 6.11. The monoisotopic (exact) mass is 407 g/mol. The number of hydrogen-bond acceptors (Lipinski definition) is 4. The smallest absolute Gasteiger partial charge is 0.275 e. The lowest BCUT2D eigenvalue weighted by Gasteiger charge is -2.25. The number of hydrogen-bond donors (Lipinski definition) is 1. The molecule has 1 N–H and O–H groups in total. The first kappa shape index (κ1) is 19.3. The molecule has 0 aliphatic carbocycles. The van der Waals surface area contributed by atoms with E-state index in [-0.39, 0.29) is 11.4 Å². The van der Waals surface area contributed by atoms with Gasteiger partial charge in [0.2, 0.25) is 0 Å². The lowest BCUT2D eigenvalue weighted by atomic mass is 10.0. The van der Waals surface area contributed by atoms with E-state index in [1.54, 1.807) is 24.3 Å². The van der Waals surface area contributed by atoms with Crippen molar-refractivity contribution in [1.82, 2.24) is 0 Å². The predicted molar refractivity (Wildman–Crippen MR) is 108 cm³/mol. The molecule has 30 heavy (non-hydrogen) atoms. The Balaban J connectivity index is 1.79. The maximum absolute atomic E-state index is 13.4. The molecule has 1 unspecified atom stereocenters. The number of rotatable bonds is 5. The van der Waals surface area contributed by atoms with E-state index in [1.165, 1.54) is 59.5 Å². The largest absolute Gasteiger partial charge is 0.351 e. The molecule has 150 valence electrons. The zero-order chi connectivity index (χ0) is 21.3. The second-order valence-corrected chi connectivity index (χ2v) is 6.62. The lowest BCUT2D eigenvalue weighted by Crippen LogP contribution is -2.31. The molecule has 1 aliphatic heterocycles. The fourth-order valence-corrected chi connectivity index (χ4v) is 3.36. The summed E-state index contributed by atoms with van der Waals surface area (Å²) in [5.74, 6) is -1.34. The number of para-hydroxylation sites is 1. The molecular formula is C22H15F2N3O3. The molecule has 6 nitrogen and oxygen atoms in total. The third-order valence-electron chi connectivity index (χ3n) is 4.73. The maximum atomic E-state index is 13.4. The van der Waals surface area contributed by atoms with E-state index in [1.807, 2.05) is 0 Å². The molecule has 8 heteroatoms. The molecule has 0 saturated heterocycles. The van der Waals surface area contributed by atoms with Crippen LogP contribution in [0, 0.1) is 21.7 Å². The third-order valence-corrected chi connectivity index (χ3v) is 4.73. The van der Waals surface area contributed by atoms with Gasteiger partial charge in [0, 0.05) is 17.4 Å². The average Bonchev–Trinajstić information content (AvgIpc) is 3.06. The molecule has 1 aliphatic rings. The van der Waals surface area contributed by atoms with Crippen molar-refractivity contribution < 1.29 is 18.5 Å². The number of benzene rings is 3. The van der Waals surface area contributed by atoms with Gasteiger partial charge in [-0.15, -0.1) is 0 Å². The number of nitrogens with one attached hydrogen (secondary N) is 1. The Morgan fingerprint density at radius 3 is 2.13 bits per heavy atom. The molecule has 0 bridgehead atoms. The maximum Gasteiger partial charge on any atom is 0.275 e. The van der Waals surface area contributed by atoms with Crippen LogP contribution in [0.15, 0.2) is 84.6 Å². The summed E-state index contributed by atoms with van der Waals surface area (Å²) in [7, 11) is 0. The normalized spacial score (nSPS) is 15.8. The first-order chi connectivity index (χ1) is 14.4. The van der Waals surface area contributed by atoms with Gasteiger partial charge < -0.3 is 5.32 Å². The zero-order valence-corrected chi connectivity index (χ0v) is 15.5. The van der Waals surface area contributed by atoms with Crippen molar-refractivity contribution in [1.29, 1.82) is 0 Å². The van der Waals surface area contributed by atoms with Crippen LogP contribution in [0.25, 0.3) is 0 Å². The molecule has 0 fully saturated rings. The summed E-state index contributed by atoms with van der Waals surface area (Å²) in [6.45, 7) is 0. The van der Waals surface area contributed by atoms with Crippen LogP contribution in [0.2, 0.25) is 0 Å². The molecule has 0 spiro atoms. The van der Waals surface area contributed by atoms with Crippen LogP contribution in [0.3, 0.4) is 0 Å². The fraction of sp³-hybridized carbons (Fsp3) is 0.0455. The third kappa shape index (κ3) is 3.62. The summed E-state index contributed by atoms with van der Waals surface area (Å²) in [5, 5.41) is 14.5. The quantitative estimate of drug-likeness (QED) is 0.479. The van der Waals surface area contributed by atoms with Crippen LogP contribution in [-0.4, -0.2) is 10.8 Å². The Kier molecular flexibility index (Phi) is 4.97. The van der Waals surface area contributed by atoms with Crippen molar-refractivity contribution in [3.05, 3.63) is 112 Å². The Labute approximate surface area is 170 Å². The molecule has 1 atom stereocenters. The van der Waals surface area contributed by atoms with E-state index in [4.69, 9.17) is 0 Å². The van der Waals surface area contributed by atoms with E-state index in [0.717, 1.165) is 0 Å². The SMILES string of the molecule is O=C1C(Nc2ccc(F)cc2)=CC(c2ccccc2[N+](=O)[O-])N1c1ccc(F)cc1. The van der Waals surface area contributed by atoms with Gasteiger partial charge in [-0.05, 0) is 60.7 Å². The topological polar surface area (TPSA) is 75.5 Å². The van der Waals surface area contributed by atoms with Gasteiger partial charge in [-0.25, -0.2) is 8.78 Å². The minimum absolute atomic E-state index is 0.137. The van der Waals surface area contributed by atoms with Crippen molar-refractivity contribution in [2.75, 3.05) is 10.2 Å². The van der Waals surface area contributed by atoms with Gasteiger partial charge in [0.1, 0.15) is 17.3 Å². The van der Waals surface area contributed by atoms with Gasteiger partial charge >= 0.3 is 0 Å². The van der Waals surface area contributed by atoms with E-state index < -0.39 is 28.5 Å². The molecule has 0 saturated carbocycles. The zero-order valence-electron chi connectivity index (χ0n) is 15.5. The van der Waals surface area contributed by atoms with E-state index in [2.05, 4.69) is 5.32 Å². The summed E-state index contributed by atoms with van der Waals surface area (Å²) in [6.07, 6.45) is 1.57. The second kappa shape index (κ2) is 7.75. The van der Waals surface area contributed by atoms with Crippen molar-refractivity contribution in [2.24, 2.45) is 0 Å². The summed E-state index contributed by atoms with van der Waals surface area (Å²) in [5.41, 5.74) is 1.22. The molecule has 1 amide bonds. The molecular weight excluding hydrogens is 392 g/mol. The number of carbonyl (C=O) groups is 1. The van der Waals surface area contributed by atoms with Crippen molar-refractivity contribution in [2.45, 2.75) is 6.04 Å². The van der Waals surface area contributed by atoms with Crippen LogP contribution >= 0.6 is 0 Å². The van der Waals surface area contributed by atoms with Crippen LogP contribution < -0.4 is 10.2 Å². The fourth-order valence-electron chi connectivity index (χ4n) is 3.36. The molecule has 3 aromatic carbocycles. The minimum atomic E-state index is -0.785. The second-order valence-electron chi connectivity index (χ2n) is 6.62. The summed E-state index contributed by atoms with van der Waals surface area (Å²) < 4.78 is 26.6. The van der Waals surface area contributed by atoms with Crippen molar-refractivity contribution in [3.8, 4) is 0 Å². The number of anilines is 2. The van der Waals surface area contributed by atoms with Gasteiger partial charge in [0.05, 0.1) is 16.5 Å². The standard InChI is InChI=1S/C22H15F2N3O3/c23-14-5-9-16(10-6-14)25-19-13-21(18-3-1-2-4-20(18)27(29)30)26(22(19)28)17-11-7-15(24)8-12-17/h1-13,21,25H. The number of carbonyl (C=O) groups excluding carboxylic acids is 1. The van der Waals surface area contributed by atoms with Crippen LogP contribution in [0.4, 0.5) is 25.8 Å². The highest BCUT2D eigenvalue weighted by atomic mass is 19.1. The van der Waals surface area contributed by atoms with Gasteiger partial charge in [-0.2, -0.15) is 0 Å². The van der Waals surface area contributed by atoms with Crippen LogP contribution in [0.5, 0.6) is 0 Å². The average molecular weight is 407 g/mol. The Hall–Kier alpha value is -4.07. The van der Waals surface area contributed by atoms with Gasteiger partial charge in [-0.1, -0.05) is 12.1 Å². The van der Waals surface area contributed by atoms with Gasteiger partial charge in [0.15, 0.2) is 0 Å². The molecule has 1 heterocycles. The Morgan fingerprint density at radius 1 is 0.900 bits per heavy atom. The molecule has 4 rings (SSSR count). The first-order valence-electron chi connectivity index (χ1n) is 9.01. The Morgan fingerprint density at radius 2 is 1.50 bits per heavy atom. The number of halogens is 2. The van der Waals surface area contributed by atoms with Crippen molar-refractivity contribution >= 4 is 23.0 Å². The number of nitrogens with zero attached hydrogens (tertiary/aromatic N) is 2. The van der Waals surface area contributed by atoms with E-state index in [0.29, 0.717) is 16.9 Å². The van der Waals surface area contributed by atoms with E-state index in [9.17, 15) is 23.7 Å². The highest BCUT2D eigenvalue weighted by Crippen LogP contribution is 2.39. The number of amides is 1. The number of nitro benzene ring substituents is 1. The highest BCUT2D eigenvalue weighted by Gasteiger charge is 2.37. The molecule has 0 aromatic heterocycles. The minimum Gasteiger partial charge on any atom is -0.351 e. The van der Waals surface area contributed by atoms with Gasteiger partial charge in [0.25, 0.3) is 11.6 Å². The predicted octanol–water partition coefficient (Wildman–Crippen LogP) is 4.96. The number of nitro groups is 1. The van der Waals surface area contributed by atoms with Gasteiger partial charge in [-0.3, -0.25) is 19.8 Å². The Bertz CT molecular complexity index is 1150. The molecule has 3 aromatic rings. The van der Waals surface area contributed by atoms with Crippen molar-refractivity contribution in [3.63, 3.8) is 0 Å². The first-order valence-corrected chi connectivity index (χ1v) is 9.01. The lowest BCUT2D eigenvalue weighted by molar-refractivity contribution is -0.385. The summed E-state index contributed by atoms with van der Waals surface area (Å²) in [6, 6.07) is 16.1. The van der Waals surface area contributed by atoms with E-state index >= 15 is 0 Å². The summed E-state index contributed by atoms with van der Waals surface area (Å²) >= 11 is 0. The van der Waals surface area contributed by atoms with Crippen LogP contribution in [-0.2, 0) is 4.79 Å². The molecule has 0 radical (unpaired) electrons. The summed E-state index contributed by atoms with van der Waals surface area (Å²) in [4.78, 5) is 25.6.